The first-order chi connectivity index (χ1) is 15.4. The number of hydrogen-bond acceptors (Lipinski definition) is 8. The molecule has 1 fully saturated rings. The van der Waals surface area contributed by atoms with Crippen molar-refractivity contribution in [2.75, 3.05) is 48.4 Å². The van der Waals surface area contributed by atoms with Gasteiger partial charge >= 0.3 is 0 Å². The molecule has 1 amide bonds. The number of amides is 1. The molecule has 1 N–H and O–H groups in total. The van der Waals surface area contributed by atoms with Crippen LogP contribution in [0, 0.1) is 13.8 Å². The lowest BCUT2D eigenvalue weighted by atomic mass is 10.2. The van der Waals surface area contributed by atoms with Crippen LogP contribution in [0.3, 0.4) is 0 Å². The molecule has 0 spiro atoms. The Morgan fingerprint density at radius 3 is 2.38 bits per heavy atom. The molecule has 10 heteroatoms. The van der Waals surface area contributed by atoms with Crippen molar-refractivity contribution in [1.82, 2.24) is 14.8 Å². The lowest BCUT2D eigenvalue weighted by molar-refractivity contribution is -0.117. The number of nitrogens with one attached hydrogen (secondary N) is 1. The van der Waals surface area contributed by atoms with E-state index in [1.807, 2.05) is 26.0 Å². The molecule has 0 radical (unpaired) electrons. The molecule has 0 unspecified atom stereocenters. The number of ether oxygens (including phenoxy) is 1. The molecule has 0 aliphatic carbocycles. The molecule has 1 aliphatic rings. The summed E-state index contributed by atoms with van der Waals surface area (Å²) in [4.78, 5) is 34.5. The van der Waals surface area contributed by atoms with Gasteiger partial charge in [0.1, 0.15) is 18.1 Å². The summed E-state index contributed by atoms with van der Waals surface area (Å²) in [5.41, 5.74) is 1.72. The summed E-state index contributed by atoms with van der Waals surface area (Å²) in [5, 5.41) is 7.72. The van der Waals surface area contributed by atoms with E-state index in [1.165, 1.54) is 22.1 Å². The third kappa shape index (κ3) is 4.91. The van der Waals surface area contributed by atoms with E-state index in [9.17, 15) is 9.59 Å². The molecule has 2 aromatic heterocycles. The van der Waals surface area contributed by atoms with Crippen molar-refractivity contribution in [2.45, 2.75) is 20.4 Å². The van der Waals surface area contributed by atoms with Crippen LogP contribution in [0.4, 0.5) is 16.6 Å². The average Bonchev–Trinajstić information content (AvgIpc) is 3.11. The second kappa shape index (κ2) is 9.39. The summed E-state index contributed by atoms with van der Waals surface area (Å²) < 4.78 is 6.43. The minimum absolute atomic E-state index is 0.157. The lowest BCUT2D eigenvalue weighted by Crippen LogP contribution is -2.47. The summed E-state index contributed by atoms with van der Waals surface area (Å²) >= 11 is 1.41. The highest BCUT2D eigenvalue weighted by molar-refractivity contribution is 7.15. The van der Waals surface area contributed by atoms with Crippen LogP contribution in [-0.2, 0) is 11.3 Å². The number of anilines is 3. The second-order valence-corrected chi connectivity index (χ2v) is 8.77. The van der Waals surface area contributed by atoms with Gasteiger partial charge in [-0.3, -0.25) is 9.59 Å². The van der Waals surface area contributed by atoms with Crippen LogP contribution < -0.4 is 25.4 Å². The first kappa shape index (κ1) is 21.8. The SMILES string of the molecule is COc1ccc(N2CCN(c3ccc(=O)n(CC(=O)Nc4nc(C)c(C)s4)n3)CC2)cc1. The minimum Gasteiger partial charge on any atom is -0.497 e. The maximum atomic E-state index is 12.4. The maximum Gasteiger partial charge on any atom is 0.267 e. The van der Waals surface area contributed by atoms with E-state index in [-0.39, 0.29) is 18.0 Å². The Morgan fingerprint density at radius 2 is 1.75 bits per heavy atom. The molecule has 1 aliphatic heterocycles. The molecule has 32 heavy (non-hydrogen) atoms. The van der Waals surface area contributed by atoms with Crippen molar-refractivity contribution in [1.29, 1.82) is 0 Å². The molecular weight excluding hydrogens is 428 g/mol. The van der Waals surface area contributed by atoms with Gasteiger partial charge in [0.05, 0.1) is 12.8 Å². The lowest BCUT2D eigenvalue weighted by Gasteiger charge is -2.36. The highest BCUT2D eigenvalue weighted by Gasteiger charge is 2.20. The number of aromatic nitrogens is 3. The Labute approximate surface area is 190 Å². The standard InChI is InChI=1S/C22H26N6O3S/c1-15-16(2)32-22(23-15)24-20(29)14-28-21(30)9-8-19(25-28)27-12-10-26(11-13-27)17-4-6-18(31-3)7-5-17/h4-9H,10-14H2,1-3H3,(H,23,24,29). The van der Waals surface area contributed by atoms with E-state index >= 15 is 0 Å². The number of carbonyl (C=O) groups excluding carboxylic acids is 1. The first-order valence-electron chi connectivity index (χ1n) is 10.4. The van der Waals surface area contributed by atoms with Crippen LogP contribution in [0.25, 0.3) is 0 Å². The Morgan fingerprint density at radius 1 is 1.06 bits per heavy atom. The van der Waals surface area contributed by atoms with Gasteiger partial charge in [-0.1, -0.05) is 0 Å². The van der Waals surface area contributed by atoms with Crippen molar-refractivity contribution in [3.63, 3.8) is 0 Å². The minimum atomic E-state index is -0.324. The quantitative estimate of drug-likeness (QED) is 0.611. The molecule has 1 saturated heterocycles. The fraction of sp³-hybridized carbons (Fsp3) is 0.364. The van der Waals surface area contributed by atoms with E-state index in [1.54, 1.807) is 13.2 Å². The Hall–Kier alpha value is -3.40. The summed E-state index contributed by atoms with van der Waals surface area (Å²) in [6.45, 7) is 6.88. The molecule has 0 saturated carbocycles. The van der Waals surface area contributed by atoms with Crippen LogP contribution in [-0.4, -0.2) is 54.0 Å². The Bertz CT molecular complexity index is 1130. The molecule has 0 bridgehead atoms. The fourth-order valence-corrected chi connectivity index (χ4v) is 4.36. The number of aryl methyl sites for hydroxylation is 2. The molecule has 3 aromatic rings. The van der Waals surface area contributed by atoms with Crippen LogP contribution in [0.5, 0.6) is 5.75 Å². The third-order valence-electron chi connectivity index (χ3n) is 5.46. The number of hydrogen-bond donors (Lipinski definition) is 1. The highest BCUT2D eigenvalue weighted by Crippen LogP contribution is 2.22. The Kier molecular flexibility index (Phi) is 6.40. The van der Waals surface area contributed by atoms with E-state index < -0.39 is 0 Å². The van der Waals surface area contributed by atoms with Crippen LogP contribution in [0.1, 0.15) is 10.6 Å². The molecule has 168 valence electrons. The summed E-state index contributed by atoms with van der Waals surface area (Å²) in [7, 11) is 1.66. The van der Waals surface area contributed by atoms with Gasteiger partial charge in [-0.05, 0) is 44.2 Å². The predicted octanol–water partition coefficient (Wildman–Crippen LogP) is 2.29. The van der Waals surface area contributed by atoms with E-state index in [2.05, 4.69) is 37.3 Å². The van der Waals surface area contributed by atoms with E-state index in [0.29, 0.717) is 10.9 Å². The second-order valence-electron chi connectivity index (χ2n) is 7.57. The van der Waals surface area contributed by atoms with Gasteiger partial charge in [0.15, 0.2) is 5.13 Å². The number of benzene rings is 1. The molecule has 0 atom stereocenters. The van der Waals surface area contributed by atoms with Crippen molar-refractivity contribution < 1.29 is 9.53 Å². The molecular formula is C22H26N6O3S. The van der Waals surface area contributed by atoms with Crippen molar-refractivity contribution >= 4 is 33.9 Å². The van der Waals surface area contributed by atoms with Gasteiger partial charge in [-0.25, -0.2) is 9.67 Å². The fourth-order valence-electron chi connectivity index (χ4n) is 3.53. The molecule has 1 aromatic carbocycles. The van der Waals surface area contributed by atoms with Crippen LogP contribution in [0.15, 0.2) is 41.2 Å². The zero-order valence-corrected chi connectivity index (χ0v) is 19.2. The smallest absolute Gasteiger partial charge is 0.267 e. The van der Waals surface area contributed by atoms with Crippen LogP contribution in [0.2, 0.25) is 0 Å². The topological polar surface area (TPSA) is 92.6 Å². The van der Waals surface area contributed by atoms with Gasteiger partial charge in [-0.15, -0.1) is 11.3 Å². The molecule has 9 nitrogen and oxygen atoms in total. The predicted molar refractivity (Wildman–Crippen MR) is 126 cm³/mol. The number of rotatable bonds is 6. The van der Waals surface area contributed by atoms with E-state index in [4.69, 9.17) is 4.74 Å². The largest absolute Gasteiger partial charge is 0.497 e. The summed E-state index contributed by atoms with van der Waals surface area (Å²) in [6.07, 6.45) is 0. The van der Waals surface area contributed by atoms with Gasteiger partial charge in [0.25, 0.3) is 5.56 Å². The van der Waals surface area contributed by atoms with Crippen molar-refractivity contribution in [3.05, 3.63) is 57.3 Å². The number of methoxy groups -OCH3 is 1. The zero-order chi connectivity index (χ0) is 22.7. The number of nitrogens with zero attached hydrogens (tertiary/aromatic N) is 5. The zero-order valence-electron chi connectivity index (χ0n) is 18.4. The first-order valence-corrected chi connectivity index (χ1v) is 11.2. The van der Waals surface area contributed by atoms with Crippen LogP contribution >= 0.6 is 11.3 Å². The van der Waals surface area contributed by atoms with Gasteiger partial charge in [-0.2, -0.15) is 5.10 Å². The average molecular weight is 455 g/mol. The normalized spacial score (nSPS) is 13.8. The van der Waals surface area contributed by atoms with Crippen molar-refractivity contribution in [3.8, 4) is 5.75 Å². The number of piperazine rings is 1. The number of carbonyl (C=O) groups is 1. The summed E-state index contributed by atoms with van der Waals surface area (Å²) in [5.74, 6) is 1.20. The van der Waals surface area contributed by atoms with E-state index in [0.717, 1.165) is 48.2 Å². The number of thiazole rings is 1. The maximum absolute atomic E-state index is 12.4. The monoisotopic (exact) mass is 454 g/mol. The van der Waals surface area contributed by atoms with Gasteiger partial charge in [0, 0.05) is 42.8 Å². The highest BCUT2D eigenvalue weighted by atomic mass is 32.1. The summed E-state index contributed by atoms with van der Waals surface area (Å²) in [6, 6.07) is 11.2. The van der Waals surface area contributed by atoms with Crippen molar-refractivity contribution in [2.24, 2.45) is 0 Å². The molecule has 4 rings (SSSR count). The third-order valence-corrected chi connectivity index (χ3v) is 6.45. The van der Waals surface area contributed by atoms with Gasteiger partial charge in [0.2, 0.25) is 5.91 Å². The molecule has 3 heterocycles. The van der Waals surface area contributed by atoms with Gasteiger partial charge < -0.3 is 19.9 Å². The Balaban J connectivity index is 1.39.